The lowest BCUT2D eigenvalue weighted by Crippen LogP contribution is -2.62. The molecule has 0 radical (unpaired) electrons. The first-order valence-corrected chi connectivity index (χ1v) is 6.76. The zero-order chi connectivity index (χ0) is 13.2. The van der Waals surface area contributed by atoms with Gasteiger partial charge in [0.1, 0.15) is 11.3 Å². The van der Waals surface area contributed by atoms with Gasteiger partial charge < -0.3 is 4.74 Å². The minimum Gasteiger partial charge on any atom is -0.469 e. The molecule has 4 bridgehead atoms. The number of carbonyl (C=O) groups excluding carboxylic acids is 1. The van der Waals surface area contributed by atoms with Crippen molar-refractivity contribution < 1.29 is 18.3 Å². The Labute approximate surface area is 106 Å². The van der Waals surface area contributed by atoms with E-state index < -0.39 is 22.7 Å². The molecule has 0 spiro atoms. The van der Waals surface area contributed by atoms with Crippen molar-refractivity contribution in [3.8, 4) is 0 Å². The zero-order valence-corrected chi connectivity index (χ0v) is 11.0. The van der Waals surface area contributed by atoms with Crippen LogP contribution in [0.3, 0.4) is 0 Å². The summed E-state index contributed by atoms with van der Waals surface area (Å²) in [5.41, 5.74) is -3.30. The Morgan fingerprint density at radius 2 is 1.72 bits per heavy atom. The molecule has 4 fully saturated rings. The molecule has 0 aromatic rings. The second-order valence-corrected chi connectivity index (χ2v) is 6.92. The van der Waals surface area contributed by atoms with Gasteiger partial charge in [0.05, 0.1) is 13.0 Å². The monoisotopic (exact) mass is 258 g/mol. The lowest BCUT2D eigenvalue weighted by molar-refractivity contribution is -0.198. The fourth-order valence-corrected chi connectivity index (χ4v) is 5.19. The van der Waals surface area contributed by atoms with Gasteiger partial charge >= 0.3 is 5.97 Å². The van der Waals surface area contributed by atoms with E-state index in [0.29, 0.717) is 25.7 Å². The molecule has 102 valence electrons. The van der Waals surface area contributed by atoms with Gasteiger partial charge in [-0.25, -0.2) is 8.78 Å². The lowest BCUT2D eigenvalue weighted by Gasteiger charge is -2.62. The van der Waals surface area contributed by atoms with Crippen molar-refractivity contribution in [2.45, 2.75) is 56.8 Å². The highest BCUT2D eigenvalue weighted by atomic mass is 19.2. The van der Waals surface area contributed by atoms with Crippen LogP contribution in [0.4, 0.5) is 8.78 Å². The Kier molecular flexibility index (Phi) is 2.37. The maximum Gasteiger partial charge on any atom is 0.308 e. The van der Waals surface area contributed by atoms with Crippen LogP contribution in [0.5, 0.6) is 0 Å². The predicted octanol–water partition coefficient (Wildman–Crippen LogP) is 3.20. The van der Waals surface area contributed by atoms with Crippen molar-refractivity contribution in [2.24, 2.45) is 17.3 Å². The van der Waals surface area contributed by atoms with Gasteiger partial charge in [0, 0.05) is 6.42 Å². The quantitative estimate of drug-likeness (QED) is 0.711. The maximum atomic E-state index is 14.7. The van der Waals surface area contributed by atoms with E-state index in [1.165, 1.54) is 7.11 Å². The van der Waals surface area contributed by atoms with Crippen LogP contribution in [0.15, 0.2) is 0 Å². The average molecular weight is 258 g/mol. The summed E-state index contributed by atoms with van der Waals surface area (Å²) in [7, 11) is 1.34. The Morgan fingerprint density at radius 3 is 2.17 bits per heavy atom. The second-order valence-electron chi connectivity index (χ2n) is 6.92. The molecule has 4 saturated carbocycles. The van der Waals surface area contributed by atoms with Crippen LogP contribution < -0.4 is 0 Å². The Morgan fingerprint density at radius 1 is 1.17 bits per heavy atom. The largest absolute Gasteiger partial charge is 0.469 e. The second kappa shape index (κ2) is 3.45. The van der Waals surface area contributed by atoms with Gasteiger partial charge in [-0.15, -0.1) is 0 Å². The molecule has 0 heterocycles. The van der Waals surface area contributed by atoms with E-state index in [0.717, 1.165) is 6.42 Å². The van der Waals surface area contributed by atoms with E-state index in [-0.39, 0.29) is 18.3 Å². The van der Waals surface area contributed by atoms with Gasteiger partial charge in [0.2, 0.25) is 0 Å². The summed E-state index contributed by atoms with van der Waals surface area (Å²) in [6, 6.07) is 0. The van der Waals surface area contributed by atoms with E-state index in [9.17, 15) is 13.6 Å². The van der Waals surface area contributed by atoms with Crippen LogP contribution in [0, 0.1) is 17.3 Å². The molecule has 0 saturated heterocycles. The number of carbonyl (C=O) groups is 1. The summed E-state index contributed by atoms with van der Waals surface area (Å²) in [5.74, 6) is -0.636. The third kappa shape index (κ3) is 1.60. The molecule has 4 heteroatoms. The highest BCUT2D eigenvalue weighted by Gasteiger charge is 2.66. The van der Waals surface area contributed by atoms with Crippen LogP contribution in [0.25, 0.3) is 0 Å². The van der Waals surface area contributed by atoms with Gasteiger partial charge in [0.15, 0.2) is 0 Å². The SMILES string of the molecule is COC(=O)[C@@H](C)C12CC3CC(F)(CC(F)(C3)C1)C2. The number of halogens is 2. The van der Waals surface area contributed by atoms with Crippen molar-refractivity contribution in [3.63, 3.8) is 0 Å². The number of esters is 1. The number of alkyl halides is 2. The van der Waals surface area contributed by atoms with Crippen molar-refractivity contribution in [1.82, 2.24) is 0 Å². The molecule has 4 aliphatic carbocycles. The normalized spacial score (nSPS) is 51.2. The van der Waals surface area contributed by atoms with Gasteiger partial charge in [-0.3, -0.25) is 4.79 Å². The molecule has 2 nitrogen and oxygen atoms in total. The number of ether oxygens (including phenoxy) is 1. The van der Waals surface area contributed by atoms with Crippen LogP contribution in [0.1, 0.15) is 45.4 Å². The van der Waals surface area contributed by atoms with Crippen molar-refractivity contribution in [3.05, 3.63) is 0 Å². The smallest absolute Gasteiger partial charge is 0.308 e. The van der Waals surface area contributed by atoms with Gasteiger partial charge in [-0.2, -0.15) is 0 Å². The predicted molar refractivity (Wildman–Crippen MR) is 62.5 cm³/mol. The number of rotatable bonds is 2. The summed E-state index contributed by atoms with van der Waals surface area (Å²) in [6.45, 7) is 1.77. The molecule has 0 aromatic carbocycles. The lowest BCUT2D eigenvalue weighted by atomic mass is 9.44. The van der Waals surface area contributed by atoms with Crippen molar-refractivity contribution in [2.75, 3.05) is 7.11 Å². The molecular weight excluding hydrogens is 238 g/mol. The van der Waals surface area contributed by atoms with E-state index in [1.54, 1.807) is 6.92 Å². The average Bonchev–Trinajstić information content (AvgIpc) is 2.22. The third-order valence-corrected chi connectivity index (χ3v) is 5.45. The summed E-state index contributed by atoms with van der Waals surface area (Å²) >= 11 is 0. The molecule has 0 aliphatic heterocycles. The fraction of sp³-hybridized carbons (Fsp3) is 0.929. The first-order chi connectivity index (χ1) is 8.30. The van der Waals surface area contributed by atoms with Crippen molar-refractivity contribution >= 4 is 5.97 Å². The molecule has 0 aromatic heterocycles. The highest BCUT2D eigenvalue weighted by molar-refractivity contribution is 5.73. The molecule has 4 aliphatic rings. The molecular formula is C14H20F2O2. The van der Waals surface area contributed by atoms with E-state index in [2.05, 4.69) is 0 Å². The van der Waals surface area contributed by atoms with Crippen LogP contribution in [-0.2, 0) is 9.53 Å². The minimum atomic E-state index is -1.39. The van der Waals surface area contributed by atoms with E-state index in [1.807, 2.05) is 0 Å². The first kappa shape index (κ1) is 12.4. The Hall–Kier alpha value is -0.670. The first-order valence-electron chi connectivity index (χ1n) is 6.76. The van der Waals surface area contributed by atoms with E-state index in [4.69, 9.17) is 4.74 Å². The summed E-state index contributed by atoms with van der Waals surface area (Å²) in [6.07, 6.45) is 2.44. The molecule has 0 N–H and O–H groups in total. The third-order valence-electron chi connectivity index (χ3n) is 5.45. The van der Waals surface area contributed by atoms with Crippen LogP contribution in [-0.4, -0.2) is 24.4 Å². The Bertz CT molecular complexity index is 377. The summed E-state index contributed by atoms with van der Waals surface area (Å²) < 4.78 is 34.2. The molecule has 2 unspecified atom stereocenters. The summed E-state index contributed by atoms with van der Waals surface area (Å²) in [5, 5.41) is 0. The molecule has 4 rings (SSSR count). The number of hydrogen-bond acceptors (Lipinski definition) is 2. The minimum absolute atomic E-state index is 0.0339. The van der Waals surface area contributed by atoms with Gasteiger partial charge in [0.25, 0.3) is 0 Å². The van der Waals surface area contributed by atoms with Crippen LogP contribution >= 0.6 is 0 Å². The van der Waals surface area contributed by atoms with Gasteiger partial charge in [-0.1, -0.05) is 6.92 Å². The molecule has 0 amide bonds. The highest BCUT2D eigenvalue weighted by Crippen LogP contribution is 2.67. The van der Waals surface area contributed by atoms with E-state index >= 15 is 0 Å². The zero-order valence-electron chi connectivity index (χ0n) is 11.0. The standard InChI is InChI=1S/C14H20F2O2/c1-9(11(17)18-2)12-3-10-4-13(15,6-12)8-14(16,5-10)7-12/h9-10H,3-8H2,1-2H3/t9-,10?,12?,13?,14?/m1/s1. The topological polar surface area (TPSA) is 26.3 Å². The molecule has 3 atom stereocenters. The van der Waals surface area contributed by atoms with Crippen LogP contribution in [0.2, 0.25) is 0 Å². The molecule has 18 heavy (non-hydrogen) atoms. The summed E-state index contributed by atoms with van der Waals surface area (Å²) in [4.78, 5) is 11.8. The van der Waals surface area contributed by atoms with Crippen molar-refractivity contribution in [1.29, 1.82) is 0 Å². The number of methoxy groups -OCH3 is 1. The van der Waals surface area contributed by atoms with Gasteiger partial charge in [-0.05, 0) is 43.4 Å². The fourth-order valence-electron chi connectivity index (χ4n) is 5.19. The number of hydrogen-bond donors (Lipinski definition) is 0. The maximum absolute atomic E-state index is 14.7. The Balaban J connectivity index is 1.96.